The Morgan fingerprint density at radius 1 is 1.03 bits per heavy atom. The van der Waals surface area contributed by atoms with Crippen LogP contribution in [0.25, 0.3) is 10.2 Å². The third-order valence-corrected chi connectivity index (χ3v) is 7.74. The highest BCUT2D eigenvalue weighted by atomic mass is 32.2. The number of amides is 1. The van der Waals surface area contributed by atoms with E-state index in [2.05, 4.69) is 10.3 Å². The molecule has 9 heteroatoms. The Balaban J connectivity index is 1.86. The van der Waals surface area contributed by atoms with Gasteiger partial charge in [0.05, 0.1) is 15.1 Å². The zero-order valence-electron chi connectivity index (χ0n) is 20.0. The molecule has 0 unspecified atom stereocenters. The predicted molar refractivity (Wildman–Crippen MR) is 137 cm³/mol. The van der Waals surface area contributed by atoms with Gasteiger partial charge in [-0.15, -0.1) is 0 Å². The summed E-state index contributed by atoms with van der Waals surface area (Å²) in [6, 6.07) is 12.3. The quantitative estimate of drug-likeness (QED) is 0.462. The highest BCUT2D eigenvalue weighted by molar-refractivity contribution is 7.89. The Morgan fingerprint density at radius 3 is 2.30 bits per heavy atom. The van der Waals surface area contributed by atoms with Gasteiger partial charge in [-0.3, -0.25) is 10.1 Å². The minimum atomic E-state index is -3.63. The van der Waals surface area contributed by atoms with Crippen molar-refractivity contribution >= 4 is 48.3 Å². The van der Waals surface area contributed by atoms with E-state index in [1.165, 1.54) is 11.3 Å². The van der Waals surface area contributed by atoms with E-state index >= 15 is 0 Å². The van der Waals surface area contributed by atoms with Crippen LogP contribution in [0, 0.1) is 11.8 Å². The van der Waals surface area contributed by atoms with Crippen molar-refractivity contribution < 1.29 is 13.2 Å². The molecule has 33 heavy (non-hydrogen) atoms. The van der Waals surface area contributed by atoms with Crippen LogP contribution in [-0.4, -0.2) is 50.8 Å². The van der Waals surface area contributed by atoms with E-state index in [0.29, 0.717) is 34.0 Å². The molecule has 1 N–H and O–H groups in total. The van der Waals surface area contributed by atoms with Crippen LogP contribution in [0.1, 0.15) is 38.1 Å². The fourth-order valence-corrected chi connectivity index (χ4v) is 6.22. The highest BCUT2D eigenvalue weighted by Crippen LogP contribution is 2.30. The lowest BCUT2D eigenvalue weighted by molar-refractivity contribution is 0.102. The molecule has 1 amide bonds. The first-order chi connectivity index (χ1) is 15.5. The number of benzene rings is 2. The second-order valence-corrected chi connectivity index (χ2v) is 12.1. The highest BCUT2D eigenvalue weighted by Gasteiger charge is 2.26. The van der Waals surface area contributed by atoms with Crippen molar-refractivity contribution in [3.8, 4) is 0 Å². The molecule has 3 aromatic rings. The second-order valence-electron chi connectivity index (χ2n) is 9.16. The molecule has 0 saturated heterocycles. The summed E-state index contributed by atoms with van der Waals surface area (Å²) in [6.45, 7) is 8.98. The monoisotopic (exact) mass is 488 g/mol. The molecule has 0 saturated carbocycles. The molecule has 1 aromatic heterocycles. The number of nitrogens with one attached hydrogen (secondary N) is 1. The van der Waals surface area contributed by atoms with Gasteiger partial charge in [-0.2, -0.15) is 4.31 Å². The minimum Gasteiger partial charge on any atom is -0.378 e. The fraction of sp³-hybridized carbons (Fsp3) is 0.417. The molecular weight excluding hydrogens is 456 g/mol. The van der Waals surface area contributed by atoms with Crippen LogP contribution in [-0.2, 0) is 10.0 Å². The standard InChI is InChI=1S/C24H32N4O3S2/c1-16(2)14-28(15-17(3)4)33(30,31)20-10-11-21-22(13-20)32-24(25-21)26-23(29)18-8-7-9-19(12-18)27(5)6/h7-13,16-17H,14-15H2,1-6H3,(H,25,26,29). The Labute approximate surface area is 200 Å². The molecule has 0 aliphatic carbocycles. The van der Waals surface area contributed by atoms with Crippen LogP contribution in [0.4, 0.5) is 10.8 Å². The first-order valence-electron chi connectivity index (χ1n) is 11.0. The van der Waals surface area contributed by atoms with Gasteiger partial charge in [-0.25, -0.2) is 13.4 Å². The van der Waals surface area contributed by atoms with E-state index in [1.54, 1.807) is 28.6 Å². The normalized spacial score (nSPS) is 12.2. The molecule has 2 aromatic carbocycles. The molecule has 0 bridgehead atoms. The van der Waals surface area contributed by atoms with Crippen LogP contribution in [0.15, 0.2) is 47.4 Å². The smallest absolute Gasteiger partial charge is 0.257 e. The van der Waals surface area contributed by atoms with Crippen LogP contribution >= 0.6 is 11.3 Å². The van der Waals surface area contributed by atoms with Crippen LogP contribution in [0.2, 0.25) is 0 Å². The third-order valence-electron chi connectivity index (χ3n) is 4.98. The molecule has 0 aliphatic heterocycles. The van der Waals surface area contributed by atoms with Gasteiger partial charge >= 0.3 is 0 Å². The van der Waals surface area contributed by atoms with E-state index in [4.69, 9.17) is 0 Å². The minimum absolute atomic E-state index is 0.221. The number of aromatic nitrogens is 1. The average molecular weight is 489 g/mol. The number of carbonyl (C=O) groups excluding carboxylic acids is 1. The molecule has 0 aliphatic rings. The number of hydrogen-bond acceptors (Lipinski definition) is 6. The molecule has 1 heterocycles. The number of carbonyl (C=O) groups is 1. The van der Waals surface area contributed by atoms with Crippen molar-refractivity contribution in [3.63, 3.8) is 0 Å². The van der Waals surface area contributed by atoms with Gasteiger partial charge in [-0.05, 0) is 48.2 Å². The zero-order valence-corrected chi connectivity index (χ0v) is 21.6. The summed E-state index contributed by atoms with van der Waals surface area (Å²) in [5, 5.41) is 3.27. The number of anilines is 2. The molecular formula is C24H32N4O3S2. The van der Waals surface area contributed by atoms with Crippen molar-refractivity contribution in [2.45, 2.75) is 32.6 Å². The van der Waals surface area contributed by atoms with Gasteiger partial charge in [0.2, 0.25) is 10.0 Å². The largest absolute Gasteiger partial charge is 0.378 e. The summed E-state index contributed by atoms with van der Waals surface area (Å²) in [5.41, 5.74) is 2.10. The predicted octanol–water partition coefficient (Wildman–Crippen LogP) is 4.92. The third kappa shape index (κ3) is 6.10. The Bertz CT molecular complexity index is 1220. The lowest BCUT2D eigenvalue weighted by Gasteiger charge is -2.25. The van der Waals surface area contributed by atoms with Gasteiger partial charge < -0.3 is 4.90 Å². The van der Waals surface area contributed by atoms with Crippen molar-refractivity contribution in [2.24, 2.45) is 11.8 Å². The van der Waals surface area contributed by atoms with Crippen molar-refractivity contribution in [3.05, 3.63) is 48.0 Å². The molecule has 3 rings (SSSR count). The van der Waals surface area contributed by atoms with Crippen molar-refractivity contribution in [1.82, 2.24) is 9.29 Å². The van der Waals surface area contributed by atoms with Crippen LogP contribution in [0.5, 0.6) is 0 Å². The van der Waals surface area contributed by atoms with Gasteiger partial charge in [0, 0.05) is 38.4 Å². The molecule has 0 fully saturated rings. The van der Waals surface area contributed by atoms with Crippen molar-refractivity contribution in [1.29, 1.82) is 0 Å². The number of hydrogen-bond donors (Lipinski definition) is 1. The number of sulfonamides is 1. The summed E-state index contributed by atoms with van der Waals surface area (Å²) in [7, 11) is 0.201. The summed E-state index contributed by atoms with van der Waals surface area (Å²) >= 11 is 1.26. The number of fused-ring (bicyclic) bond motifs is 1. The van der Waals surface area contributed by atoms with E-state index in [9.17, 15) is 13.2 Å². The van der Waals surface area contributed by atoms with Gasteiger partial charge in [0.1, 0.15) is 0 Å². The lowest BCUT2D eigenvalue weighted by atomic mass is 10.2. The maximum absolute atomic E-state index is 13.3. The van der Waals surface area contributed by atoms with Crippen molar-refractivity contribution in [2.75, 3.05) is 37.4 Å². The number of nitrogens with zero attached hydrogens (tertiary/aromatic N) is 3. The Morgan fingerprint density at radius 2 is 1.70 bits per heavy atom. The zero-order chi connectivity index (χ0) is 24.3. The number of rotatable bonds is 9. The van der Waals surface area contributed by atoms with E-state index in [-0.39, 0.29) is 22.6 Å². The Kier molecular flexibility index (Phi) is 7.76. The molecule has 0 spiro atoms. The molecule has 178 valence electrons. The molecule has 7 nitrogen and oxygen atoms in total. The second kappa shape index (κ2) is 10.2. The maximum Gasteiger partial charge on any atom is 0.257 e. The van der Waals surface area contributed by atoms with E-state index < -0.39 is 10.0 Å². The van der Waals surface area contributed by atoms with Gasteiger partial charge in [0.15, 0.2) is 5.13 Å². The summed E-state index contributed by atoms with van der Waals surface area (Å²) in [4.78, 5) is 19.4. The van der Waals surface area contributed by atoms with Crippen LogP contribution < -0.4 is 10.2 Å². The fourth-order valence-electron chi connectivity index (χ4n) is 3.45. The lowest BCUT2D eigenvalue weighted by Crippen LogP contribution is -2.37. The SMILES string of the molecule is CC(C)CN(CC(C)C)S(=O)(=O)c1ccc2nc(NC(=O)c3cccc(N(C)C)c3)sc2c1. The number of thiazole rings is 1. The van der Waals surface area contributed by atoms with Gasteiger partial charge in [0.25, 0.3) is 5.91 Å². The first-order valence-corrected chi connectivity index (χ1v) is 13.2. The average Bonchev–Trinajstić information content (AvgIpc) is 3.14. The first kappa shape index (κ1) is 25.1. The van der Waals surface area contributed by atoms with Crippen LogP contribution in [0.3, 0.4) is 0 Å². The summed E-state index contributed by atoms with van der Waals surface area (Å²) < 4.78 is 29.0. The summed E-state index contributed by atoms with van der Waals surface area (Å²) in [6.07, 6.45) is 0. The van der Waals surface area contributed by atoms with E-state index in [1.807, 2.05) is 64.9 Å². The maximum atomic E-state index is 13.3. The molecule has 0 atom stereocenters. The van der Waals surface area contributed by atoms with E-state index in [0.717, 1.165) is 5.69 Å². The topological polar surface area (TPSA) is 82.6 Å². The Hall–Kier alpha value is -2.49. The summed E-state index contributed by atoms with van der Waals surface area (Å²) in [5.74, 6) is 0.183. The van der Waals surface area contributed by atoms with Gasteiger partial charge in [-0.1, -0.05) is 45.1 Å². The molecule has 0 radical (unpaired) electrons.